The normalized spacial score (nSPS) is 10.5. The minimum atomic E-state index is -0.357. The van der Waals surface area contributed by atoms with Crippen molar-refractivity contribution in [3.05, 3.63) is 41.2 Å². The third-order valence-electron chi connectivity index (χ3n) is 3.30. The van der Waals surface area contributed by atoms with Crippen LogP contribution in [0.4, 0.5) is 11.6 Å². The summed E-state index contributed by atoms with van der Waals surface area (Å²) in [5.74, 6) is 1.18. The number of halogens is 1. The Bertz CT molecular complexity index is 707. The number of carbonyl (C=O) groups is 1. The van der Waals surface area contributed by atoms with Gasteiger partial charge in [-0.15, -0.1) is 0 Å². The SMILES string of the molecule is COc1ccc(Cl)cc1NC(=O)c1ccnc(NCCC(C)C)n1. The van der Waals surface area contributed by atoms with Crippen molar-refractivity contribution in [2.75, 3.05) is 24.3 Å². The number of amides is 1. The molecule has 1 aromatic carbocycles. The summed E-state index contributed by atoms with van der Waals surface area (Å²) in [7, 11) is 1.53. The number of hydrogen-bond donors (Lipinski definition) is 2. The highest BCUT2D eigenvalue weighted by molar-refractivity contribution is 6.31. The molecule has 2 rings (SSSR count). The summed E-state index contributed by atoms with van der Waals surface area (Å²) in [5, 5.41) is 6.38. The van der Waals surface area contributed by atoms with E-state index >= 15 is 0 Å². The number of anilines is 2. The van der Waals surface area contributed by atoms with Crippen LogP contribution in [0.2, 0.25) is 5.02 Å². The number of aromatic nitrogens is 2. The van der Waals surface area contributed by atoms with Gasteiger partial charge in [0, 0.05) is 17.8 Å². The van der Waals surface area contributed by atoms with Crippen molar-refractivity contribution in [2.24, 2.45) is 5.92 Å². The van der Waals surface area contributed by atoms with Gasteiger partial charge in [0.15, 0.2) is 0 Å². The Labute approximate surface area is 146 Å². The van der Waals surface area contributed by atoms with Gasteiger partial charge in [-0.05, 0) is 36.6 Å². The molecule has 1 aromatic heterocycles. The topological polar surface area (TPSA) is 76.1 Å². The number of carbonyl (C=O) groups excluding carboxylic acids is 1. The lowest BCUT2D eigenvalue weighted by molar-refractivity contribution is 0.102. The van der Waals surface area contributed by atoms with Crippen molar-refractivity contribution in [3.63, 3.8) is 0 Å². The Balaban J connectivity index is 2.08. The number of rotatable bonds is 7. The minimum absolute atomic E-state index is 0.263. The predicted octanol–water partition coefficient (Wildman–Crippen LogP) is 3.85. The van der Waals surface area contributed by atoms with Crippen LogP contribution in [-0.2, 0) is 0 Å². The zero-order valence-electron chi connectivity index (χ0n) is 14.0. The number of benzene rings is 1. The summed E-state index contributed by atoms with van der Waals surface area (Å²) in [6.07, 6.45) is 2.55. The summed E-state index contributed by atoms with van der Waals surface area (Å²) in [6.45, 7) is 5.04. The van der Waals surface area contributed by atoms with Gasteiger partial charge in [0.1, 0.15) is 11.4 Å². The molecule has 0 radical (unpaired) electrons. The molecular formula is C17H21ClN4O2. The zero-order valence-corrected chi connectivity index (χ0v) is 14.7. The van der Waals surface area contributed by atoms with E-state index in [0.717, 1.165) is 13.0 Å². The average molecular weight is 349 g/mol. The summed E-state index contributed by atoms with van der Waals surface area (Å²) >= 11 is 5.97. The Morgan fingerprint density at radius 2 is 2.12 bits per heavy atom. The van der Waals surface area contributed by atoms with E-state index in [2.05, 4.69) is 34.4 Å². The van der Waals surface area contributed by atoms with Gasteiger partial charge in [-0.2, -0.15) is 0 Å². The van der Waals surface area contributed by atoms with Crippen LogP contribution < -0.4 is 15.4 Å². The van der Waals surface area contributed by atoms with Crippen LogP contribution in [0.3, 0.4) is 0 Å². The van der Waals surface area contributed by atoms with E-state index in [-0.39, 0.29) is 11.6 Å². The summed E-state index contributed by atoms with van der Waals surface area (Å²) in [6, 6.07) is 6.57. The van der Waals surface area contributed by atoms with E-state index < -0.39 is 0 Å². The molecule has 128 valence electrons. The molecule has 1 amide bonds. The fourth-order valence-corrected chi connectivity index (χ4v) is 2.18. The molecule has 0 aliphatic carbocycles. The lowest BCUT2D eigenvalue weighted by Gasteiger charge is -2.11. The van der Waals surface area contributed by atoms with Crippen molar-refractivity contribution in [1.29, 1.82) is 0 Å². The van der Waals surface area contributed by atoms with Crippen molar-refractivity contribution in [3.8, 4) is 5.75 Å². The molecule has 0 bridgehead atoms. The molecular weight excluding hydrogens is 328 g/mol. The molecule has 2 aromatic rings. The smallest absolute Gasteiger partial charge is 0.274 e. The van der Waals surface area contributed by atoms with Gasteiger partial charge in [0.25, 0.3) is 5.91 Å². The lowest BCUT2D eigenvalue weighted by atomic mass is 10.1. The number of nitrogens with one attached hydrogen (secondary N) is 2. The van der Waals surface area contributed by atoms with Gasteiger partial charge in [-0.25, -0.2) is 9.97 Å². The van der Waals surface area contributed by atoms with Gasteiger partial charge < -0.3 is 15.4 Å². The first-order valence-electron chi connectivity index (χ1n) is 7.71. The summed E-state index contributed by atoms with van der Waals surface area (Å²) in [4.78, 5) is 20.8. The van der Waals surface area contributed by atoms with Gasteiger partial charge in [0.2, 0.25) is 5.95 Å². The van der Waals surface area contributed by atoms with Gasteiger partial charge >= 0.3 is 0 Å². The van der Waals surface area contributed by atoms with E-state index in [4.69, 9.17) is 16.3 Å². The van der Waals surface area contributed by atoms with Gasteiger partial charge in [0.05, 0.1) is 12.8 Å². The van der Waals surface area contributed by atoms with Crippen LogP contribution >= 0.6 is 11.6 Å². The van der Waals surface area contributed by atoms with Gasteiger partial charge in [-0.3, -0.25) is 4.79 Å². The zero-order chi connectivity index (χ0) is 17.5. The quantitative estimate of drug-likeness (QED) is 0.794. The molecule has 0 aliphatic rings. The number of hydrogen-bond acceptors (Lipinski definition) is 5. The summed E-state index contributed by atoms with van der Waals surface area (Å²) in [5.41, 5.74) is 0.752. The Morgan fingerprint density at radius 3 is 2.83 bits per heavy atom. The van der Waals surface area contributed by atoms with Crippen LogP contribution in [0.5, 0.6) is 5.75 Å². The molecule has 7 heteroatoms. The second-order valence-electron chi connectivity index (χ2n) is 5.67. The molecule has 2 N–H and O–H groups in total. The first-order chi connectivity index (χ1) is 11.5. The fraction of sp³-hybridized carbons (Fsp3) is 0.353. The number of nitrogens with zero attached hydrogens (tertiary/aromatic N) is 2. The molecule has 0 atom stereocenters. The third kappa shape index (κ3) is 5.09. The highest BCUT2D eigenvalue weighted by atomic mass is 35.5. The van der Waals surface area contributed by atoms with Crippen molar-refractivity contribution >= 4 is 29.1 Å². The summed E-state index contributed by atoms with van der Waals surface area (Å²) < 4.78 is 5.22. The van der Waals surface area contributed by atoms with E-state index in [9.17, 15) is 4.79 Å². The molecule has 24 heavy (non-hydrogen) atoms. The maximum atomic E-state index is 12.4. The monoisotopic (exact) mass is 348 g/mol. The number of ether oxygens (including phenoxy) is 1. The Kier molecular flexibility index (Phi) is 6.37. The van der Waals surface area contributed by atoms with E-state index in [1.54, 1.807) is 30.5 Å². The molecule has 0 saturated carbocycles. The van der Waals surface area contributed by atoms with Crippen LogP contribution in [0.25, 0.3) is 0 Å². The molecule has 1 heterocycles. The molecule has 0 unspecified atom stereocenters. The van der Waals surface area contributed by atoms with Gasteiger partial charge in [-0.1, -0.05) is 25.4 Å². The largest absolute Gasteiger partial charge is 0.495 e. The molecule has 6 nitrogen and oxygen atoms in total. The first-order valence-corrected chi connectivity index (χ1v) is 8.09. The Morgan fingerprint density at radius 1 is 1.33 bits per heavy atom. The van der Waals surface area contributed by atoms with Crippen LogP contribution in [0.1, 0.15) is 30.8 Å². The Hall–Kier alpha value is -2.34. The predicted molar refractivity (Wildman–Crippen MR) is 95.9 cm³/mol. The highest BCUT2D eigenvalue weighted by Crippen LogP contribution is 2.28. The molecule has 0 saturated heterocycles. The second-order valence-corrected chi connectivity index (χ2v) is 6.11. The van der Waals surface area contributed by atoms with Crippen molar-refractivity contribution in [1.82, 2.24) is 9.97 Å². The standard InChI is InChI=1S/C17H21ClN4O2/c1-11(2)6-8-19-17-20-9-7-13(22-17)16(23)21-14-10-12(18)4-5-15(14)24-3/h4-5,7,9-11H,6,8H2,1-3H3,(H,21,23)(H,19,20,22). The van der Waals surface area contributed by atoms with Crippen molar-refractivity contribution < 1.29 is 9.53 Å². The fourth-order valence-electron chi connectivity index (χ4n) is 2.01. The van der Waals surface area contributed by atoms with E-state index in [0.29, 0.717) is 28.3 Å². The maximum Gasteiger partial charge on any atom is 0.274 e. The second kappa shape index (κ2) is 8.49. The molecule has 0 fully saturated rings. The molecule has 0 spiro atoms. The van der Waals surface area contributed by atoms with E-state index in [1.807, 2.05) is 0 Å². The lowest BCUT2D eigenvalue weighted by Crippen LogP contribution is -2.16. The highest BCUT2D eigenvalue weighted by Gasteiger charge is 2.12. The maximum absolute atomic E-state index is 12.4. The van der Waals surface area contributed by atoms with Crippen molar-refractivity contribution in [2.45, 2.75) is 20.3 Å². The minimum Gasteiger partial charge on any atom is -0.495 e. The van der Waals surface area contributed by atoms with E-state index in [1.165, 1.54) is 7.11 Å². The average Bonchev–Trinajstić information content (AvgIpc) is 2.55. The van der Waals surface area contributed by atoms with Crippen LogP contribution in [0, 0.1) is 5.92 Å². The first kappa shape index (κ1) is 18.0. The van der Waals surface area contributed by atoms with Crippen LogP contribution in [0.15, 0.2) is 30.5 Å². The molecule has 0 aliphatic heterocycles. The number of methoxy groups -OCH3 is 1. The third-order valence-corrected chi connectivity index (χ3v) is 3.54. The van der Waals surface area contributed by atoms with Crippen LogP contribution in [-0.4, -0.2) is 29.5 Å².